The van der Waals surface area contributed by atoms with E-state index < -0.39 is 0 Å². The van der Waals surface area contributed by atoms with E-state index in [2.05, 4.69) is 29.2 Å². The summed E-state index contributed by atoms with van der Waals surface area (Å²) in [7, 11) is 0. The first kappa shape index (κ1) is 14.6. The molecule has 0 radical (unpaired) electrons. The van der Waals surface area contributed by atoms with Crippen molar-refractivity contribution in [2.24, 2.45) is 0 Å². The first-order valence-electron chi connectivity index (χ1n) is 8.35. The summed E-state index contributed by atoms with van der Waals surface area (Å²) in [5, 5.41) is 0. The van der Waals surface area contributed by atoms with E-state index in [9.17, 15) is 4.79 Å². The van der Waals surface area contributed by atoms with Gasteiger partial charge in [0.1, 0.15) is 0 Å². The minimum absolute atomic E-state index is 0.260. The third-order valence-corrected chi connectivity index (χ3v) is 4.93. The van der Waals surface area contributed by atoms with Gasteiger partial charge in [-0.2, -0.15) is 0 Å². The number of hydrogen-bond donors (Lipinski definition) is 0. The smallest absolute Gasteiger partial charge is 0.237 e. The Morgan fingerprint density at radius 2 is 1.81 bits per heavy atom. The van der Waals surface area contributed by atoms with Crippen LogP contribution in [0, 0.1) is 0 Å². The Morgan fingerprint density at radius 1 is 1.10 bits per heavy atom. The van der Waals surface area contributed by atoms with Gasteiger partial charge in [-0.05, 0) is 36.8 Å². The van der Waals surface area contributed by atoms with Crippen LogP contribution in [-0.2, 0) is 11.3 Å². The zero-order valence-electron chi connectivity index (χ0n) is 13.1. The van der Waals surface area contributed by atoms with Gasteiger partial charge in [0.15, 0.2) is 0 Å². The summed E-state index contributed by atoms with van der Waals surface area (Å²) in [5.74, 6) is 1.04. The Kier molecular flexibility index (Phi) is 4.59. The summed E-state index contributed by atoms with van der Waals surface area (Å²) in [6, 6.07) is 9.12. The molecule has 1 aromatic carbocycles. The summed E-state index contributed by atoms with van der Waals surface area (Å²) in [6.45, 7) is 5.08. The number of likely N-dealkylation sites (N-methyl/N-ethyl adjacent to an activating group) is 1. The molecular formula is C18H26N2O. The van der Waals surface area contributed by atoms with E-state index in [1.54, 1.807) is 0 Å². The number of amides is 1. The minimum atomic E-state index is 0.260. The molecule has 1 aliphatic heterocycles. The maximum Gasteiger partial charge on any atom is 0.237 e. The Balaban J connectivity index is 1.58. The van der Waals surface area contributed by atoms with Crippen LogP contribution in [-0.4, -0.2) is 35.5 Å². The molecule has 1 aromatic rings. The van der Waals surface area contributed by atoms with Crippen molar-refractivity contribution in [3.63, 3.8) is 0 Å². The fourth-order valence-corrected chi connectivity index (χ4v) is 3.63. The molecule has 1 saturated carbocycles. The van der Waals surface area contributed by atoms with E-state index in [-0.39, 0.29) is 5.91 Å². The highest BCUT2D eigenvalue weighted by molar-refractivity contribution is 5.79. The molecule has 0 spiro atoms. The van der Waals surface area contributed by atoms with Crippen molar-refractivity contribution < 1.29 is 4.79 Å². The van der Waals surface area contributed by atoms with Gasteiger partial charge in [-0.15, -0.1) is 0 Å². The second-order valence-electron chi connectivity index (χ2n) is 6.45. The molecule has 0 N–H and O–H groups in total. The Bertz CT molecular complexity index is 476. The Labute approximate surface area is 127 Å². The van der Waals surface area contributed by atoms with E-state index in [4.69, 9.17) is 0 Å². The van der Waals surface area contributed by atoms with Crippen molar-refractivity contribution in [3.8, 4) is 0 Å². The van der Waals surface area contributed by atoms with Crippen LogP contribution in [0.3, 0.4) is 0 Å². The second kappa shape index (κ2) is 6.61. The highest BCUT2D eigenvalue weighted by Crippen LogP contribution is 2.32. The lowest BCUT2D eigenvalue weighted by atomic mass is 9.84. The molecule has 1 saturated heterocycles. The van der Waals surface area contributed by atoms with Crippen LogP contribution < -0.4 is 0 Å². The zero-order valence-corrected chi connectivity index (χ0v) is 13.1. The molecule has 0 bridgehead atoms. The average Bonchev–Trinajstić information content (AvgIpc) is 2.88. The van der Waals surface area contributed by atoms with Gasteiger partial charge in [0, 0.05) is 13.1 Å². The molecule has 114 valence electrons. The topological polar surface area (TPSA) is 23.6 Å². The first-order chi connectivity index (χ1) is 10.3. The van der Waals surface area contributed by atoms with Gasteiger partial charge in [-0.1, -0.05) is 43.5 Å². The fraction of sp³-hybridized carbons (Fsp3) is 0.611. The third-order valence-electron chi connectivity index (χ3n) is 4.93. The van der Waals surface area contributed by atoms with Crippen molar-refractivity contribution in [1.29, 1.82) is 0 Å². The van der Waals surface area contributed by atoms with E-state index in [1.165, 1.54) is 43.2 Å². The molecular weight excluding hydrogens is 260 g/mol. The van der Waals surface area contributed by atoms with Crippen LogP contribution in [0.2, 0.25) is 0 Å². The molecule has 1 aliphatic carbocycles. The van der Waals surface area contributed by atoms with E-state index in [0.717, 1.165) is 25.7 Å². The lowest BCUT2D eigenvalue weighted by Gasteiger charge is -2.22. The predicted octanol–water partition coefficient (Wildman–Crippen LogP) is 3.36. The normalized spacial score (nSPS) is 21.2. The lowest BCUT2D eigenvalue weighted by Crippen LogP contribution is -2.26. The van der Waals surface area contributed by atoms with Gasteiger partial charge < -0.3 is 4.90 Å². The molecule has 1 heterocycles. The van der Waals surface area contributed by atoms with Crippen LogP contribution in [0.15, 0.2) is 24.3 Å². The minimum Gasteiger partial charge on any atom is -0.329 e. The third kappa shape index (κ3) is 3.46. The number of nitrogens with zero attached hydrogens (tertiary/aromatic N) is 2. The first-order valence-corrected chi connectivity index (χ1v) is 8.35. The quantitative estimate of drug-likeness (QED) is 0.847. The van der Waals surface area contributed by atoms with E-state index in [0.29, 0.717) is 6.54 Å². The van der Waals surface area contributed by atoms with Crippen molar-refractivity contribution in [3.05, 3.63) is 35.4 Å². The van der Waals surface area contributed by atoms with Crippen LogP contribution >= 0.6 is 0 Å². The van der Waals surface area contributed by atoms with E-state index >= 15 is 0 Å². The summed E-state index contributed by atoms with van der Waals surface area (Å²) >= 11 is 0. The van der Waals surface area contributed by atoms with E-state index in [1.807, 2.05) is 11.8 Å². The van der Waals surface area contributed by atoms with Crippen molar-refractivity contribution in [2.75, 3.05) is 19.8 Å². The molecule has 3 heteroatoms. The Hall–Kier alpha value is -1.35. The summed E-state index contributed by atoms with van der Waals surface area (Å²) < 4.78 is 0. The van der Waals surface area contributed by atoms with Crippen LogP contribution in [0.1, 0.15) is 56.1 Å². The molecule has 0 atom stereocenters. The number of rotatable bonds is 4. The van der Waals surface area contributed by atoms with Crippen molar-refractivity contribution in [1.82, 2.24) is 9.80 Å². The van der Waals surface area contributed by atoms with Crippen LogP contribution in [0.25, 0.3) is 0 Å². The van der Waals surface area contributed by atoms with Gasteiger partial charge in [-0.3, -0.25) is 9.69 Å². The maximum absolute atomic E-state index is 11.8. The highest BCUT2D eigenvalue weighted by atomic mass is 16.2. The van der Waals surface area contributed by atoms with Gasteiger partial charge in [-0.25, -0.2) is 0 Å². The Morgan fingerprint density at radius 3 is 2.43 bits per heavy atom. The van der Waals surface area contributed by atoms with Gasteiger partial charge in [0.05, 0.1) is 13.2 Å². The molecule has 21 heavy (non-hydrogen) atoms. The number of carbonyl (C=O) groups is 1. The molecule has 3 rings (SSSR count). The second-order valence-corrected chi connectivity index (χ2v) is 6.45. The monoisotopic (exact) mass is 286 g/mol. The molecule has 1 amide bonds. The maximum atomic E-state index is 11.8. The van der Waals surface area contributed by atoms with Crippen molar-refractivity contribution >= 4 is 5.91 Å². The number of carbonyl (C=O) groups excluding carboxylic acids is 1. The summed E-state index contributed by atoms with van der Waals surface area (Å²) in [6.07, 6.45) is 6.88. The number of hydrogen-bond acceptors (Lipinski definition) is 2. The van der Waals surface area contributed by atoms with Gasteiger partial charge in [0.25, 0.3) is 0 Å². The lowest BCUT2D eigenvalue weighted by molar-refractivity contribution is -0.126. The molecule has 2 fully saturated rings. The number of benzene rings is 1. The average molecular weight is 286 g/mol. The largest absolute Gasteiger partial charge is 0.329 e. The van der Waals surface area contributed by atoms with Crippen molar-refractivity contribution in [2.45, 2.75) is 51.5 Å². The summed E-state index contributed by atoms with van der Waals surface area (Å²) in [5.41, 5.74) is 2.83. The molecule has 2 aliphatic rings. The fourth-order valence-electron chi connectivity index (χ4n) is 3.63. The molecule has 0 aromatic heterocycles. The zero-order chi connectivity index (χ0) is 14.7. The SMILES string of the molecule is CCN1CN(Cc2ccc(C3CCCCC3)cc2)CC1=O. The van der Waals surface area contributed by atoms with Crippen LogP contribution in [0.5, 0.6) is 0 Å². The van der Waals surface area contributed by atoms with Crippen LogP contribution in [0.4, 0.5) is 0 Å². The molecule has 0 unspecified atom stereocenters. The predicted molar refractivity (Wildman–Crippen MR) is 84.9 cm³/mol. The highest BCUT2D eigenvalue weighted by Gasteiger charge is 2.25. The standard InChI is InChI=1S/C18H26N2O/c1-2-20-14-19(13-18(20)21)12-15-8-10-17(11-9-15)16-6-4-3-5-7-16/h8-11,16H,2-7,12-14H2,1H3. The van der Waals surface area contributed by atoms with Gasteiger partial charge >= 0.3 is 0 Å². The summed E-state index contributed by atoms with van der Waals surface area (Å²) in [4.78, 5) is 15.9. The van der Waals surface area contributed by atoms with Gasteiger partial charge in [0.2, 0.25) is 5.91 Å². The molecule has 3 nitrogen and oxygen atoms in total.